The Labute approximate surface area is 95.0 Å². The van der Waals surface area contributed by atoms with Crippen LogP contribution in [0.5, 0.6) is 0 Å². The Balaban J connectivity index is 2.18. The number of sulfone groups is 1. The van der Waals surface area contributed by atoms with Gasteiger partial charge in [-0.15, -0.1) is 0 Å². The van der Waals surface area contributed by atoms with Crippen LogP contribution in [-0.4, -0.2) is 45.7 Å². The van der Waals surface area contributed by atoms with Crippen molar-refractivity contribution in [3.63, 3.8) is 0 Å². The van der Waals surface area contributed by atoms with E-state index in [-0.39, 0.29) is 30.0 Å². The van der Waals surface area contributed by atoms with Crippen molar-refractivity contribution in [2.75, 3.05) is 25.2 Å². The lowest BCUT2D eigenvalue weighted by Gasteiger charge is -2.34. The van der Waals surface area contributed by atoms with Gasteiger partial charge in [-0.05, 0) is 12.8 Å². The first-order valence-electron chi connectivity index (χ1n) is 5.36. The molecular weight excluding hydrogens is 232 g/mol. The molecule has 6 heteroatoms. The molecule has 0 spiro atoms. The Hall–Kier alpha value is -0.620. The highest BCUT2D eigenvalue weighted by molar-refractivity contribution is 7.91. The van der Waals surface area contributed by atoms with Gasteiger partial charge in [-0.1, -0.05) is 0 Å². The van der Waals surface area contributed by atoms with E-state index in [4.69, 9.17) is 4.74 Å². The number of rotatable bonds is 3. The number of methoxy groups -OCH3 is 1. The van der Waals surface area contributed by atoms with Crippen molar-refractivity contribution in [1.29, 1.82) is 0 Å². The first kappa shape index (κ1) is 11.9. The molecule has 2 heterocycles. The highest BCUT2D eigenvalue weighted by Crippen LogP contribution is 2.44. The molecule has 0 N–H and O–H groups in total. The van der Waals surface area contributed by atoms with E-state index in [1.807, 2.05) is 0 Å². The monoisotopic (exact) mass is 248 g/mol. The Morgan fingerprint density at radius 1 is 1.56 bits per heavy atom. The zero-order chi connectivity index (χ0) is 11.8. The number of hydrogen-bond donors (Lipinski definition) is 0. The van der Waals surface area contributed by atoms with E-state index in [2.05, 4.69) is 4.74 Å². The van der Waals surface area contributed by atoms with Crippen molar-refractivity contribution >= 4 is 15.8 Å². The smallest absolute Gasteiger partial charge is 0.306 e. The molecule has 0 bridgehead atoms. The average molecular weight is 248 g/mol. The van der Waals surface area contributed by atoms with E-state index in [0.29, 0.717) is 13.0 Å². The van der Waals surface area contributed by atoms with Crippen LogP contribution in [0.25, 0.3) is 0 Å². The summed E-state index contributed by atoms with van der Waals surface area (Å²) in [7, 11) is -1.72. The second-order valence-corrected chi connectivity index (χ2v) is 6.82. The number of carbonyl (C=O) groups is 1. The minimum absolute atomic E-state index is 0.0553. The normalized spacial score (nSPS) is 36.7. The van der Waals surface area contributed by atoms with Gasteiger partial charge in [-0.3, -0.25) is 4.79 Å². The molecule has 2 unspecified atom stereocenters. The quantitative estimate of drug-likeness (QED) is 0.525. The third-order valence-corrected chi connectivity index (χ3v) is 5.30. The fourth-order valence-electron chi connectivity index (χ4n) is 2.49. The van der Waals surface area contributed by atoms with Gasteiger partial charge in [0.1, 0.15) is 0 Å². The van der Waals surface area contributed by atoms with Crippen LogP contribution in [0.3, 0.4) is 0 Å². The zero-order valence-electron chi connectivity index (χ0n) is 9.27. The summed E-state index contributed by atoms with van der Waals surface area (Å²) in [5.74, 6) is -0.0739. The molecule has 2 atom stereocenters. The van der Waals surface area contributed by atoms with Crippen LogP contribution >= 0.6 is 0 Å². The SMILES string of the molecule is COC(=O)CC1(C2CO2)CCCS(=O)(=O)C1. The first-order valence-corrected chi connectivity index (χ1v) is 7.18. The maximum Gasteiger partial charge on any atom is 0.306 e. The van der Waals surface area contributed by atoms with Gasteiger partial charge >= 0.3 is 5.97 Å². The van der Waals surface area contributed by atoms with Gasteiger partial charge < -0.3 is 9.47 Å². The van der Waals surface area contributed by atoms with Gasteiger partial charge in [0.15, 0.2) is 9.84 Å². The molecule has 0 aromatic rings. The van der Waals surface area contributed by atoms with Gasteiger partial charge in [0, 0.05) is 5.41 Å². The lowest BCUT2D eigenvalue weighted by atomic mass is 9.79. The molecule has 2 rings (SSSR count). The first-order chi connectivity index (χ1) is 7.47. The Kier molecular flexibility index (Phi) is 2.96. The second kappa shape index (κ2) is 4.00. The molecule has 5 nitrogen and oxygen atoms in total. The highest BCUT2D eigenvalue weighted by atomic mass is 32.2. The molecule has 16 heavy (non-hydrogen) atoms. The number of ether oxygens (including phenoxy) is 2. The molecule has 0 aromatic heterocycles. The molecule has 2 aliphatic rings. The maximum absolute atomic E-state index is 11.7. The lowest BCUT2D eigenvalue weighted by molar-refractivity contribution is -0.143. The molecule has 2 fully saturated rings. The Bertz CT molecular complexity index is 384. The number of hydrogen-bond acceptors (Lipinski definition) is 5. The summed E-state index contributed by atoms with van der Waals surface area (Å²) in [6.07, 6.45) is 1.40. The largest absolute Gasteiger partial charge is 0.469 e. The topological polar surface area (TPSA) is 73.0 Å². The van der Waals surface area contributed by atoms with E-state index in [1.165, 1.54) is 7.11 Å². The van der Waals surface area contributed by atoms with Crippen LogP contribution in [0.2, 0.25) is 0 Å². The molecule has 2 saturated heterocycles. The minimum atomic E-state index is -3.04. The summed E-state index contributed by atoms with van der Waals surface area (Å²) in [4.78, 5) is 11.4. The molecule has 0 aliphatic carbocycles. The van der Waals surface area contributed by atoms with E-state index in [1.54, 1.807) is 0 Å². The molecule has 0 saturated carbocycles. The van der Waals surface area contributed by atoms with Crippen LogP contribution in [0.1, 0.15) is 19.3 Å². The van der Waals surface area contributed by atoms with Crippen LogP contribution in [-0.2, 0) is 24.1 Å². The van der Waals surface area contributed by atoms with Gasteiger partial charge in [0.2, 0.25) is 0 Å². The third kappa shape index (κ3) is 2.38. The summed E-state index contributed by atoms with van der Waals surface area (Å²) < 4.78 is 33.2. The minimum Gasteiger partial charge on any atom is -0.469 e. The molecule has 2 aliphatic heterocycles. The molecule has 0 amide bonds. The van der Waals surface area contributed by atoms with Gasteiger partial charge in [-0.2, -0.15) is 0 Å². The molecule has 0 radical (unpaired) electrons. The van der Waals surface area contributed by atoms with Crippen molar-refractivity contribution < 1.29 is 22.7 Å². The summed E-state index contributed by atoms with van der Waals surface area (Å²) in [6, 6.07) is 0. The van der Waals surface area contributed by atoms with E-state index < -0.39 is 15.3 Å². The fourth-order valence-corrected chi connectivity index (χ4v) is 4.53. The summed E-state index contributed by atoms with van der Waals surface area (Å²) in [5.41, 5.74) is -0.538. The predicted molar refractivity (Wildman–Crippen MR) is 56.7 cm³/mol. The van der Waals surface area contributed by atoms with Crippen molar-refractivity contribution in [2.24, 2.45) is 5.41 Å². The summed E-state index contributed by atoms with van der Waals surface area (Å²) in [5, 5.41) is 0. The standard InChI is InChI=1S/C10H16O5S/c1-14-9(11)5-10(8-6-15-8)3-2-4-16(12,13)7-10/h8H,2-7H2,1H3. The zero-order valence-corrected chi connectivity index (χ0v) is 10.1. The highest BCUT2D eigenvalue weighted by Gasteiger charge is 2.52. The summed E-state index contributed by atoms with van der Waals surface area (Å²) in [6.45, 7) is 0.562. The Morgan fingerprint density at radius 3 is 2.75 bits per heavy atom. The van der Waals surface area contributed by atoms with Gasteiger partial charge in [-0.25, -0.2) is 8.42 Å². The number of epoxide rings is 1. The van der Waals surface area contributed by atoms with Gasteiger partial charge in [0.05, 0.1) is 37.7 Å². The van der Waals surface area contributed by atoms with E-state index in [0.717, 1.165) is 6.42 Å². The van der Waals surface area contributed by atoms with Gasteiger partial charge in [0.25, 0.3) is 0 Å². The molecule has 92 valence electrons. The van der Waals surface area contributed by atoms with Crippen molar-refractivity contribution in [2.45, 2.75) is 25.4 Å². The second-order valence-electron chi connectivity index (χ2n) is 4.63. The third-order valence-electron chi connectivity index (χ3n) is 3.38. The van der Waals surface area contributed by atoms with Crippen LogP contribution in [0.4, 0.5) is 0 Å². The van der Waals surface area contributed by atoms with E-state index in [9.17, 15) is 13.2 Å². The fraction of sp³-hybridized carbons (Fsp3) is 0.900. The molecule has 0 aromatic carbocycles. The van der Waals surface area contributed by atoms with Crippen molar-refractivity contribution in [3.05, 3.63) is 0 Å². The number of carbonyl (C=O) groups excluding carboxylic acids is 1. The van der Waals surface area contributed by atoms with Crippen LogP contribution in [0, 0.1) is 5.41 Å². The maximum atomic E-state index is 11.7. The van der Waals surface area contributed by atoms with Crippen molar-refractivity contribution in [3.8, 4) is 0 Å². The van der Waals surface area contributed by atoms with Crippen LogP contribution in [0.15, 0.2) is 0 Å². The Morgan fingerprint density at radius 2 is 2.25 bits per heavy atom. The average Bonchev–Trinajstić information content (AvgIpc) is 2.99. The lowest BCUT2D eigenvalue weighted by Crippen LogP contribution is -2.42. The predicted octanol–water partition coefficient (Wildman–Crippen LogP) is 0.143. The van der Waals surface area contributed by atoms with Crippen molar-refractivity contribution in [1.82, 2.24) is 0 Å². The van der Waals surface area contributed by atoms with Crippen LogP contribution < -0.4 is 0 Å². The summed E-state index contributed by atoms with van der Waals surface area (Å²) >= 11 is 0. The number of esters is 1. The molecular formula is C10H16O5S. The van der Waals surface area contributed by atoms with E-state index >= 15 is 0 Å².